The summed E-state index contributed by atoms with van der Waals surface area (Å²) in [5.74, 6) is 0.456. The number of nitrogens with zero attached hydrogens (tertiary/aromatic N) is 4. The molecule has 3 heterocycles. The van der Waals surface area contributed by atoms with Crippen molar-refractivity contribution in [2.45, 2.75) is 18.9 Å². The first-order valence-corrected chi connectivity index (χ1v) is 7.77. The minimum atomic E-state index is -0.850. The predicted molar refractivity (Wildman–Crippen MR) is 85.4 cm³/mol. The van der Waals surface area contributed by atoms with Gasteiger partial charge in [0, 0.05) is 36.6 Å². The molecule has 0 aliphatic carbocycles. The molecule has 2 aromatic rings. The van der Waals surface area contributed by atoms with Gasteiger partial charge < -0.3 is 15.7 Å². The van der Waals surface area contributed by atoms with Gasteiger partial charge in [-0.25, -0.2) is 9.78 Å². The monoisotopic (exact) mass is 365 g/mol. The third kappa shape index (κ3) is 2.92. The number of hydrogen-bond acceptors (Lipinski definition) is 4. The van der Waals surface area contributed by atoms with Crippen LogP contribution < -0.4 is 5.73 Å². The van der Waals surface area contributed by atoms with E-state index in [2.05, 4.69) is 26.0 Å². The highest BCUT2D eigenvalue weighted by atomic mass is 79.9. The number of piperidine rings is 1. The van der Waals surface area contributed by atoms with E-state index >= 15 is 0 Å². The maximum atomic E-state index is 10.9. The number of hydrogen-bond donors (Lipinski definition) is 2. The molecule has 7 nitrogen and oxygen atoms in total. The number of pyridine rings is 1. The SMILES string of the molecule is Nc1ncc(-c2cnn(C3CCN(C(=O)O)CC3)c2)cc1Br. The third-order valence-corrected chi connectivity index (χ3v) is 4.55. The Morgan fingerprint density at radius 1 is 1.32 bits per heavy atom. The summed E-state index contributed by atoms with van der Waals surface area (Å²) >= 11 is 3.37. The van der Waals surface area contributed by atoms with Crippen molar-refractivity contribution in [2.75, 3.05) is 18.8 Å². The Morgan fingerprint density at radius 2 is 2.05 bits per heavy atom. The number of anilines is 1. The van der Waals surface area contributed by atoms with E-state index in [9.17, 15) is 4.79 Å². The Balaban J connectivity index is 1.74. The molecule has 1 aliphatic rings. The number of carbonyl (C=O) groups is 1. The van der Waals surface area contributed by atoms with Crippen LogP contribution in [0.15, 0.2) is 29.1 Å². The van der Waals surface area contributed by atoms with Crippen molar-refractivity contribution in [3.8, 4) is 11.1 Å². The first kappa shape index (κ1) is 14.8. The smallest absolute Gasteiger partial charge is 0.407 e. The van der Waals surface area contributed by atoms with Gasteiger partial charge in [0.05, 0.1) is 16.7 Å². The zero-order valence-electron chi connectivity index (χ0n) is 11.8. The summed E-state index contributed by atoms with van der Waals surface area (Å²) in [7, 11) is 0. The summed E-state index contributed by atoms with van der Waals surface area (Å²) in [6.45, 7) is 1.09. The number of amides is 1. The maximum absolute atomic E-state index is 10.9. The van der Waals surface area contributed by atoms with E-state index < -0.39 is 6.09 Å². The van der Waals surface area contributed by atoms with Gasteiger partial charge in [-0.1, -0.05) is 0 Å². The molecule has 0 bridgehead atoms. The lowest BCUT2D eigenvalue weighted by atomic mass is 10.1. The molecule has 22 heavy (non-hydrogen) atoms. The molecular formula is C14H16BrN5O2. The second-order valence-electron chi connectivity index (χ2n) is 5.30. The number of likely N-dealkylation sites (tertiary alicyclic amines) is 1. The lowest BCUT2D eigenvalue weighted by molar-refractivity contribution is 0.124. The van der Waals surface area contributed by atoms with Gasteiger partial charge in [-0.3, -0.25) is 4.68 Å². The number of aromatic nitrogens is 3. The van der Waals surface area contributed by atoms with Crippen LogP contribution in [-0.2, 0) is 0 Å². The molecular weight excluding hydrogens is 350 g/mol. The average molecular weight is 366 g/mol. The molecule has 8 heteroatoms. The fraction of sp³-hybridized carbons (Fsp3) is 0.357. The van der Waals surface area contributed by atoms with Gasteiger partial charge >= 0.3 is 6.09 Å². The zero-order valence-corrected chi connectivity index (χ0v) is 13.4. The summed E-state index contributed by atoms with van der Waals surface area (Å²) in [5, 5.41) is 13.4. The molecule has 0 radical (unpaired) electrons. The molecule has 0 spiro atoms. The molecule has 3 N–H and O–H groups in total. The van der Waals surface area contributed by atoms with Crippen molar-refractivity contribution in [1.29, 1.82) is 0 Å². The first-order chi connectivity index (χ1) is 10.5. The summed E-state index contributed by atoms with van der Waals surface area (Å²) in [6, 6.07) is 2.14. The molecule has 0 aromatic carbocycles. The van der Waals surface area contributed by atoms with Crippen LogP contribution in [0.1, 0.15) is 18.9 Å². The maximum Gasteiger partial charge on any atom is 0.407 e. The Morgan fingerprint density at radius 3 is 2.68 bits per heavy atom. The van der Waals surface area contributed by atoms with Gasteiger partial charge in [0.15, 0.2) is 0 Å². The number of nitrogen functional groups attached to an aromatic ring is 1. The molecule has 0 saturated carbocycles. The number of rotatable bonds is 2. The molecule has 2 aromatic heterocycles. The van der Waals surface area contributed by atoms with E-state index in [0.29, 0.717) is 18.9 Å². The molecule has 1 fully saturated rings. The van der Waals surface area contributed by atoms with E-state index in [1.807, 2.05) is 16.9 Å². The van der Waals surface area contributed by atoms with Gasteiger partial charge in [0.25, 0.3) is 0 Å². The standard InChI is InChI=1S/C14H16BrN5O2/c15-12-5-9(6-17-13(12)16)10-7-18-20(8-10)11-1-3-19(4-2-11)14(21)22/h5-8,11H,1-4H2,(H2,16,17)(H,21,22). The van der Waals surface area contributed by atoms with Crippen LogP contribution in [0.2, 0.25) is 0 Å². The number of nitrogens with two attached hydrogens (primary N) is 1. The van der Waals surface area contributed by atoms with Crippen molar-refractivity contribution >= 4 is 27.8 Å². The topological polar surface area (TPSA) is 97.3 Å². The lowest BCUT2D eigenvalue weighted by Crippen LogP contribution is -2.38. The number of halogens is 1. The minimum absolute atomic E-state index is 0.231. The van der Waals surface area contributed by atoms with E-state index in [4.69, 9.17) is 10.8 Å². The highest BCUT2D eigenvalue weighted by molar-refractivity contribution is 9.10. The Kier molecular flexibility index (Phi) is 4.02. The van der Waals surface area contributed by atoms with E-state index in [-0.39, 0.29) is 6.04 Å². The lowest BCUT2D eigenvalue weighted by Gasteiger charge is -2.30. The highest BCUT2D eigenvalue weighted by Crippen LogP contribution is 2.28. The van der Waals surface area contributed by atoms with Crippen LogP contribution in [0.4, 0.5) is 10.6 Å². The van der Waals surface area contributed by atoms with Crippen molar-refractivity contribution in [3.05, 3.63) is 29.1 Å². The first-order valence-electron chi connectivity index (χ1n) is 6.98. The number of carboxylic acid groups (broad SMARTS) is 1. The second-order valence-corrected chi connectivity index (χ2v) is 6.16. The molecule has 1 saturated heterocycles. The van der Waals surface area contributed by atoms with Gasteiger partial charge in [0.1, 0.15) is 5.82 Å². The van der Waals surface area contributed by atoms with Gasteiger partial charge in [-0.05, 0) is 34.8 Å². The zero-order chi connectivity index (χ0) is 15.7. The van der Waals surface area contributed by atoms with Gasteiger partial charge in [0.2, 0.25) is 0 Å². The van der Waals surface area contributed by atoms with Crippen molar-refractivity contribution in [3.63, 3.8) is 0 Å². The Labute approximate surface area is 135 Å². The van der Waals surface area contributed by atoms with E-state index in [1.54, 1.807) is 12.4 Å². The van der Waals surface area contributed by atoms with Crippen LogP contribution >= 0.6 is 15.9 Å². The fourth-order valence-electron chi connectivity index (χ4n) is 2.61. The van der Waals surface area contributed by atoms with Crippen LogP contribution in [-0.4, -0.2) is 44.0 Å². The fourth-order valence-corrected chi connectivity index (χ4v) is 2.96. The molecule has 116 valence electrons. The van der Waals surface area contributed by atoms with Gasteiger partial charge in [-0.2, -0.15) is 5.10 Å². The molecule has 3 rings (SSSR count). The molecule has 0 unspecified atom stereocenters. The molecule has 0 atom stereocenters. The summed E-state index contributed by atoms with van der Waals surface area (Å²) in [4.78, 5) is 16.5. The normalized spacial score (nSPS) is 16.0. The van der Waals surface area contributed by atoms with Crippen LogP contribution in [0.5, 0.6) is 0 Å². The van der Waals surface area contributed by atoms with Crippen molar-refractivity contribution in [2.24, 2.45) is 0 Å². The minimum Gasteiger partial charge on any atom is -0.465 e. The Bertz CT molecular complexity index is 694. The summed E-state index contributed by atoms with van der Waals surface area (Å²) in [6.07, 6.45) is 6.18. The van der Waals surface area contributed by atoms with E-state index in [0.717, 1.165) is 28.4 Å². The largest absolute Gasteiger partial charge is 0.465 e. The summed E-state index contributed by atoms with van der Waals surface area (Å²) < 4.78 is 2.67. The summed E-state index contributed by atoms with van der Waals surface area (Å²) in [5.41, 5.74) is 7.60. The van der Waals surface area contributed by atoms with Gasteiger partial charge in [-0.15, -0.1) is 0 Å². The quantitative estimate of drug-likeness (QED) is 0.852. The van der Waals surface area contributed by atoms with Crippen LogP contribution in [0.25, 0.3) is 11.1 Å². The Hall–Kier alpha value is -2.09. The second kappa shape index (κ2) is 5.96. The van der Waals surface area contributed by atoms with Crippen molar-refractivity contribution < 1.29 is 9.90 Å². The third-order valence-electron chi connectivity index (χ3n) is 3.91. The van der Waals surface area contributed by atoms with Crippen LogP contribution in [0.3, 0.4) is 0 Å². The predicted octanol–water partition coefficient (Wildman–Crippen LogP) is 2.60. The van der Waals surface area contributed by atoms with Crippen LogP contribution in [0, 0.1) is 0 Å². The van der Waals surface area contributed by atoms with Crippen molar-refractivity contribution in [1.82, 2.24) is 19.7 Å². The highest BCUT2D eigenvalue weighted by Gasteiger charge is 2.23. The van der Waals surface area contributed by atoms with E-state index in [1.165, 1.54) is 4.90 Å². The molecule has 1 aliphatic heterocycles. The molecule has 1 amide bonds. The average Bonchev–Trinajstić information content (AvgIpc) is 3.00.